The molecule has 2 unspecified atom stereocenters. The van der Waals surface area contributed by atoms with Crippen LogP contribution in [0.25, 0.3) is 0 Å². The van der Waals surface area contributed by atoms with E-state index >= 15 is 0 Å². The molecular weight excluding hydrogens is 255 g/mol. The summed E-state index contributed by atoms with van der Waals surface area (Å²) in [6, 6.07) is 4.76. The van der Waals surface area contributed by atoms with Gasteiger partial charge >= 0.3 is 0 Å². The van der Waals surface area contributed by atoms with E-state index in [1.807, 2.05) is 0 Å². The van der Waals surface area contributed by atoms with Crippen LogP contribution in [-0.2, 0) is 4.79 Å². The fourth-order valence-electron chi connectivity index (χ4n) is 2.93. The smallest absolute Gasteiger partial charge is 0.221 e. The lowest BCUT2D eigenvalue weighted by Gasteiger charge is -2.27. The molecule has 1 amide bonds. The summed E-state index contributed by atoms with van der Waals surface area (Å²) in [6.45, 7) is 4.59. The summed E-state index contributed by atoms with van der Waals surface area (Å²) in [5.74, 6) is 0.825. The molecule has 0 bridgehead atoms. The molecule has 0 heterocycles. The first-order chi connectivity index (χ1) is 9.54. The molecule has 4 heteroatoms. The van der Waals surface area contributed by atoms with Crippen LogP contribution in [0.1, 0.15) is 39.5 Å². The summed E-state index contributed by atoms with van der Waals surface area (Å²) in [7, 11) is 0. The first-order valence-electron chi connectivity index (χ1n) is 7.35. The number of carbonyl (C=O) groups is 1. The van der Waals surface area contributed by atoms with Gasteiger partial charge in [0.05, 0.1) is 5.69 Å². The lowest BCUT2D eigenvalue weighted by molar-refractivity contribution is -0.114. The van der Waals surface area contributed by atoms with Gasteiger partial charge in [-0.2, -0.15) is 0 Å². The topological polar surface area (TPSA) is 41.1 Å². The Labute approximate surface area is 120 Å². The van der Waals surface area contributed by atoms with Crippen molar-refractivity contribution in [3.63, 3.8) is 0 Å². The van der Waals surface area contributed by atoms with Gasteiger partial charge in [0, 0.05) is 19.2 Å². The molecule has 1 aromatic rings. The second-order valence-electron chi connectivity index (χ2n) is 5.89. The molecule has 1 fully saturated rings. The highest BCUT2D eigenvalue weighted by molar-refractivity contribution is 5.89. The van der Waals surface area contributed by atoms with E-state index in [9.17, 15) is 9.18 Å². The third-order valence-corrected chi connectivity index (χ3v) is 3.92. The Morgan fingerprint density at radius 1 is 1.40 bits per heavy atom. The zero-order valence-corrected chi connectivity index (χ0v) is 12.2. The van der Waals surface area contributed by atoms with Gasteiger partial charge in [0.25, 0.3) is 0 Å². The molecule has 1 saturated carbocycles. The summed E-state index contributed by atoms with van der Waals surface area (Å²) in [6.07, 6.45) is 5.15. The van der Waals surface area contributed by atoms with Crippen LogP contribution in [0.2, 0.25) is 0 Å². The molecule has 1 aromatic carbocycles. The second kappa shape index (κ2) is 6.73. The number of hydrogen-bond acceptors (Lipinski definition) is 2. The van der Waals surface area contributed by atoms with Gasteiger partial charge in [-0.3, -0.25) is 4.79 Å². The van der Waals surface area contributed by atoms with Crippen LogP contribution in [0, 0.1) is 17.7 Å². The van der Waals surface area contributed by atoms with E-state index < -0.39 is 5.82 Å². The number of nitrogens with one attached hydrogen (secondary N) is 2. The molecule has 2 N–H and O–H groups in total. The normalized spacial score (nSPS) is 22.4. The summed E-state index contributed by atoms with van der Waals surface area (Å²) in [4.78, 5) is 11.0. The van der Waals surface area contributed by atoms with Gasteiger partial charge < -0.3 is 10.6 Å². The minimum absolute atomic E-state index is 0.236. The van der Waals surface area contributed by atoms with Crippen molar-refractivity contribution in [3.05, 3.63) is 24.0 Å². The molecule has 2 rings (SSSR count). The molecule has 0 aliphatic heterocycles. The minimum Gasteiger partial charge on any atom is -0.385 e. The van der Waals surface area contributed by atoms with Crippen molar-refractivity contribution in [3.8, 4) is 0 Å². The van der Waals surface area contributed by atoms with Crippen LogP contribution in [0.3, 0.4) is 0 Å². The quantitative estimate of drug-likeness (QED) is 0.873. The van der Waals surface area contributed by atoms with Crippen molar-refractivity contribution in [1.82, 2.24) is 0 Å². The maximum absolute atomic E-state index is 13.5. The van der Waals surface area contributed by atoms with Crippen LogP contribution in [-0.4, -0.2) is 12.5 Å². The Balaban J connectivity index is 1.93. The molecule has 110 valence electrons. The van der Waals surface area contributed by atoms with Gasteiger partial charge in [0.2, 0.25) is 5.91 Å². The molecule has 0 spiro atoms. The maximum atomic E-state index is 13.5. The van der Waals surface area contributed by atoms with Gasteiger partial charge in [-0.25, -0.2) is 4.39 Å². The summed E-state index contributed by atoms with van der Waals surface area (Å²) in [5, 5.41) is 5.86. The average Bonchev–Trinajstić information content (AvgIpc) is 2.39. The van der Waals surface area contributed by atoms with E-state index in [0.717, 1.165) is 18.2 Å². The van der Waals surface area contributed by atoms with Gasteiger partial charge in [0.1, 0.15) is 5.82 Å². The number of halogens is 1. The zero-order valence-electron chi connectivity index (χ0n) is 12.2. The summed E-state index contributed by atoms with van der Waals surface area (Å²) >= 11 is 0. The molecule has 2 atom stereocenters. The van der Waals surface area contributed by atoms with E-state index in [2.05, 4.69) is 17.6 Å². The maximum Gasteiger partial charge on any atom is 0.221 e. The largest absolute Gasteiger partial charge is 0.385 e. The number of amides is 1. The van der Waals surface area contributed by atoms with E-state index in [-0.39, 0.29) is 11.6 Å². The first kappa shape index (κ1) is 14.8. The fraction of sp³-hybridized carbons (Fsp3) is 0.562. The number of carbonyl (C=O) groups excluding carboxylic acids is 1. The van der Waals surface area contributed by atoms with E-state index in [4.69, 9.17) is 0 Å². The SMILES string of the molecule is CC(=O)Nc1cc(NCC2CCCC(C)C2)ccc1F. The number of benzene rings is 1. The van der Waals surface area contributed by atoms with Gasteiger partial charge in [-0.1, -0.05) is 19.8 Å². The van der Waals surface area contributed by atoms with E-state index in [1.165, 1.54) is 38.7 Å². The van der Waals surface area contributed by atoms with Gasteiger partial charge in [-0.05, 0) is 42.9 Å². The van der Waals surface area contributed by atoms with E-state index in [0.29, 0.717) is 5.92 Å². The van der Waals surface area contributed by atoms with Crippen molar-refractivity contribution in [2.45, 2.75) is 39.5 Å². The second-order valence-corrected chi connectivity index (χ2v) is 5.89. The molecular formula is C16H23FN2O. The molecule has 0 aromatic heterocycles. The number of anilines is 2. The fourth-order valence-corrected chi connectivity index (χ4v) is 2.93. The lowest BCUT2D eigenvalue weighted by atomic mass is 9.82. The molecule has 3 nitrogen and oxygen atoms in total. The average molecular weight is 278 g/mol. The Morgan fingerprint density at radius 3 is 2.90 bits per heavy atom. The van der Waals surface area contributed by atoms with Crippen molar-refractivity contribution in [2.24, 2.45) is 11.8 Å². The predicted molar refractivity (Wildman–Crippen MR) is 80.3 cm³/mol. The highest BCUT2D eigenvalue weighted by Gasteiger charge is 2.18. The third kappa shape index (κ3) is 4.22. The predicted octanol–water partition coefficient (Wildman–Crippen LogP) is 4.02. The van der Waals surface area contributed by atoms with Crippen molar-refractivity contribution in [1.29, 1.82) is 0 Å². The van der Waals surface area contributed by atoms with Crippen LogP contribution in [0.15, 0.2) is 18.2 Å². The molecule has 20 heavy (non-hydrogen) atoms. The molecule has 1 aliphatic rings. The highest BCUT2D eigenvalue weighted by Crippen LogP contribution is 2.29. The Kier molecular flexibility index (Phi) is 4.99. The third-order valence-electron chi connectivity index (χ3n) is 3.92. The van der Waals surface area contributed by atoms with Crippen molar-refractivity contribution in [2.75, 3.05) is 17.2 Å². The van der Waals surface area contributed by atoms with Gasteiger partial charge in [-0.15, -0.1) is 0 Å². The van der Waals surface area contributed by atoms with Crippen LogP contribution < -0.4 is 10.6 Å². The lowest BCUT2D eigenvalue weighted by Crippen LogP contribution is -2.21. The van der Waals surface area contributed by atoms with Crippen molar-refractivity contribution >= 4 is 17.3 Å². The van der Waals surface area contributed by atoms with Crippen molar-refractivity contribution < 1.29 is 9.18 Å². The summed E-state index contributed by atoms with van der Waals surface area (Å²) < 4.78 is 13.5. The van der Waals surface area contributed by atoms with Crippen LogP contribution in [0.5, 0.6) is 0 Å². The number of rotatable bonds is 4. The first-order valence-corrected chi connectivity index (χ1v) is 7.35. The highest BCUT2D eigenvalue weighted by atomic mass is 19.1. The molecule has 0 radical (unpaired) electrons. The Morgan fingerprint density at radius 2 is 2.20 bits per heavy atom. The van der Waals surface area contributed by atoms with Crippen LogP contribution >= 0.6 is 0 Å². The molecule has 1 aliphatic carbocycles. The zero-order chi connectivity index (χ0) is 14.5. The molecule has 0 saturated heterocycles. The van der Waals surface area contributed by atoms with E-state index in [1.54, 1.807) is 12.1 Å². The minimum atomic E-state index is -0.406. The Bertz CT molecular complexity index is 476. The Hall–Kier alpha value is -1.58. The monoisotopic (exact) mass is 278 g/mol. The van der Waals surface area contributed by atoms with Crippen LogP contribution in [0.4, 0.5) is 15.8 Å². The number of hydrogen-bond donors (Lipinski definition) is 2. The standard InChI is InChI=1S/C16H23FN2O/c1-11-4-3-5-13(8-11)10-18-14-6-7-15(17)16(9-14)19-12(2)20/h6-7,9,11,13,18H,3-5,8,10H2,1-2H3,(H,19,20). The van der Waals surface area contributed by atoms with Gasteiger partial charge in [0.15, 0.2) is 0 Å². The summed E-state index contributed by atoms with van der Waals surface area (Å²) in [5.41, 5.74) is 1.09.